The van der Waals surface area contributed by atoms with Crippen LogP contribution in [0.15, 0.2) is 60.8 Å². The number of nitrogens with zero attached hydrogens (tertiary/aromatic N) is 2. The molecule has 1 heterocycles. The molecule has 5 nitrogen and oxygen atoms in total. The van der Waals surface area contributed by atoms with Crippen LogP contribution < -0.4 is 10.6 Å². The first kappa shape index (κ1) is 16.9. The predicted octanol–water partition coefficient (Wildman–Crippen LogP) is 3.94. The molecule has 7 heteroatoms. The number of carbonyl (C=O) groups is 1. The minimum atomic E-state index is -0.342. The van der Waals surface area contributed by atoms with E-state index in [1.165, 1.54) is 24.4 Å². The first-order chi connectivity index (χ1) is 12.1. The summed E-state index contributed by atoms with van der Waals surface area (Å²) >= 11 is 5.84. The summed E-state index contributed by atoms with van der Waals surface area (Å²) in [7, 11) is 0. The molecule has 0 spiro atoms. The molecule has 0 atom stereocenters. The van der Waals surface area contributed by atoms with E-state index in [1.54, 1.807) is 36.4 Å². The van der Waals surface area contributed by atoms with E-state index in [4.69, 9.17) is 11.6 Å². The van der Waals surface area contributed by atoms with Gasteiger partial charge in [-0.2, -0.15) is 0 Å². The number of nitrogens with one attached hydrogen (secondary N) is 2. The van der Waals surface area contributed by atoms with Crippen molar-refractivity contribution in [3.8, 4) is 0 Å². The van der Waals surface area contributed by atoms with Crippen LogP contribution in [0.5, 0.6) is 0 Å². The molecule has 126 valence electrons. The molecule has 0 unspecified atom stereocenters. The maximum Gasteiger partial charge on any atom is 0.270 e. The van der Waals surface area contributed by atoms with Crippen molar-refractivity contribution in [2.75, 3.05) is 5.32 Å². The van der Waals surface area contributed by atoms with E-state index in [0.29, 0.717) is 11.0 Å². The molecular formula is C18H14ClFN4O. The summed E-state index contributed by atoms with van der Waals surface area (Å²) in [5.41, 5.74) is 1.78. The van der Waals surface area contributed by atoms with Crippen molar-refractivity contribution in [3.63, 3.8) is 0 Å². The molecule has 1 amide bonds. The van der Waals surface area contributed by atoms with Gasteiger partial charge in [0.1, 0.15) is 11.5 Å². The van der Waals surface area contributed by atoms with Crippen LogP contribution in [-0.2, 0) is 6.54 Å². The topological polar surface area (TPSA) is 66.9 Å². The Kier molecular flexibility index (Phi) is 5.20. The number of hydrogen-bond donors (Lipinski definition) is 2. The summed E-state index contributed by atoms with van der Waals surface area (Å²) in [4.78, 5) is 20.5. The second kappa shape index (κ2) is 7.72. The minimum Gasteiger partial charge on any atom is -0.347 e. The Labute approximate surface area is 148 Å². The van der Waals surface area contributed by atoms with Crippen molar-refractivity contribution in [2.24, 2.45) is 0 Å². The third kappa shape index (κ3) is 4.74. The van der Waals surface area contributed by atoms with Crippen molar-refractivity contribution in [2.45, 2.75) is 6.54 Å². The maximum atomic E-state index is 12.9. The smallest absolute Gasteiger partial charge is 0.270 e. The maximum absolute atomic E-state index is 12.9. The quantitative estimate of drug-likeness (QED) is 0.726. The Balaban J connectivity index is 1.64. The predicted molar refractivity (Wildman–Crippen MR) is 94.3 cm³/mol. The van der Waals surface area contributed by atoms with Crippen LogP contribution in [0.3, 0.4) is 0 Å². The minimum absolute atomic E-state index is 0.230. The Morgan fingerprint density at radius 2 is 1.76 bits per heavy atom. The number of rotatable bonds is 5. The summed E-state index contributed by atoms with van der Waals surface area (Å²) in [5.74, 6) is -0.355. The average molecular weight is 357 g/mol. The van der Waals surface area contributed by atoms with Gasteiger partial charge in [0.15, 0.2) is 0 Å². The van der Waals surface area contributed by atoms with Gasteiger partial charge in [-0.15, -0.1) is 0 Å². The molecule has 0 aliphatic heterocycles. The highest BCUT2D eigenvalue weighted by atomic mass is 35.5. The lowest BCUT2D eigenvalue weighted by molar-refractivity contribution is 0.0946. The third-order valence-corrected chi connectivity index (χ3v) is 3.61. The molecule has 1 aromatic heterocycles. The fraction of sp³-hybridized carbons (Fsp3) is 0.0556. The largest absolute Gasteiger partial charge is 0.347 e. The highest BCUT2D eigenvalue weighted by molar-refractivity contribution is 6.30. The zero-order valence-corrected chi connectivity index (χ0v) is 13.8. The van der Waals surface area contributed by atoms with Crippen LogP contribution >= 0.6 is 11.6 Å². The van der Waals surface area contributed by atoms with Gasteiger partial charge in [-0.3, -0.25) is 4.79 Å². The van der Waals surface area contributed by atoms with Gasteiger partial charge < -0.3 is 10.6 Å². The lowest BCUT2D eigenvalue weighted by Gasteiger charge is -2.07. The summed E-state index contributed by atoms with van der Waals surface area (Å²) in [5, 5.41) is 6.37. The van der Waals surface area contributed by atoms with Crippen molar-refractivity contribution in [1.29, 1.82) is 0 Å². The van der Waals surface area contributed by atoms with E-state index < -0.39 is 0 Å². The molecule has 2 N–H and O–H groups in total. The second-order valence-corrected chi connectivity index (χ2v) is 5.64. The Bertz CT molecular complexity index is 869. The van der Waals surface area contributed by atoms with E-state index in [-0.39, 0.29) is 24.0 Å². The lowest BCUT2D eigenvalue weighted by atomic mass is 10.2. The number of benzene rings is 2. The van der Waals surface area contributed by atoms with Crippen LogP contribution in [0.2, 0.25) is 5.02 Å². The Morgan fingerprint density at radius 3 is 2.48 bits per heavy atom. The van der Waals surface area contributed by atoms with E-state index in [2.05, 4.69) is 20.6 Å². The van der Waals surface area contributed by atoms with Crippen molar-refractivity contribution in [1.82, 2.24) is 15.3 Å². The highest BCUT2D eigenvalue weighted by Gasteiger charge is 2.09. The van der Waals surface area contributed by atoms with E-state index in [0.717, 1.165) is 11.3 Å². The normalized spacial score (nSPS) is 10.3. The summed E-state index contributed by atoms with van der Waals surface area (Å²) < 4.78 is 12.9. The fourth-order valence-electron chi connectivity index (χ4n) is 2.08. The van der Waals surface area contributed by atoms with E-state index >= 15 is 0 Å². The number of anilines is 2. The molecule has 0 bridgehead atoms. The number of halogens is 2. The summed E-state index contributed by atoms with van der Waals surface area (Å²) in [6, 6.07) is 14.5. The van der Waals surface area contributed by atoms with Gasteiger partial charge in [0.05, 0.1) is 0 Å². The molecule has 3 aromatic rings. The van der Waals surface area contributed by atoms with E-state index in [1.807, 2.05) is 0 Å². The highest BCUT2D eigenvalue weighted by Crippen LogP contribution is 2.16. The third-order valence-electron chi connectivity index (χ3n) is 3.35. The fourth-order valence-corrected chi connectivity index (χ4v) is 2.21. The first-order valence-corrected chi connectivity index (χ1v) is 7.86. The van der Waals surface area contributed by atoms with Crippen LogP contribution in [-0.4, -0.2) is 15.9 Å². The summed E-state index contributed by atoms with van der Waals surface area (Å²) in [6.07, 6.45) is 1.50. The molecule has 0 fully saturated rings. The molecule has 0 radical (unpaired) electrons. The van der Waals surface area contributed by atoms with E-state index in [9.17, 15) is 9.18 Å². The van der Waals surface area contributed by atoms with Gasteiger partial charge >= 0.3 is 0 Å². The first-order valence-electron chi connectivity index (χ1n) is 7.48. The Hall–Kier alpha value is -2.99. The van der Waals surface area contributed by atoms with Crippen LogP contribution in [0.4, 0.5) is 16.0 Å². The SMILES string of the molecule is O=C(NCc1ccc(F)cc1)c1ccnc(Nc2ccc(Cl)cc2)n1. The van der Waals surface area contributed by atoms with Gasteiger partial charge in [0.25, 0.3) is 5.91 Å². The zero-order chi connectivity index (χ0) is 17.6. The molecular weight excluding hydrogens is 343 g/mol. The monoisotopic (exact) mass is 356 g/mol. The van der Waals surface area contributed by atoms with Gasteiger partial charge in [0.2, 0.25) is 5.95 Å². The van der Waals surface area contributed by atoms with Gasteiger partial charge in [0, 0.05) is 23.5 Å². The molecule has 0 aliphatic carbocycles. The van der Waals surface area contributed by atoms with Crippen molar-refractivity contribution >= 4 is 29.1 Å². The lowest BCUT2D eigenvalue weighted by Crippen LogP contribution is -2.24. The number of aromatic nitrogens is 2. The molecule has 0 aliphatic rings. The second-order valence-electron chi connectivity index (χ2n) is 5.21. The molecule has 0 saturated carbocycles. The molecule has 25 heavy (non-hydrogen) atoms. The van der Waals surface area contributed by atoms with Crippen LogP contribution in [0, 0.1) is 5.82 Å². The van der Waals surface area contributed by atoms with Gasteiger partial charge in [-0.1, -0.05) is 23.7 Å². The van der Waals surface area contributed by atoms with Crippen LogP contribution in [0.25, 0.3) is 0 Å². The Morgan fingerprint density at radius 1 is 1.04 bits per heavy atom. The summed E-state index contributed by atoms with van der Waals surface area (Å²) in [6.45, 7) is 0.281. The zero-order valence-electron chi connectivity index (χ0n) is 13.0. The molecule has 2 aromatic carbocycles. The number of carbonyl (C=O) groups excluding carboxylic acids is 1. The van der Waals surface area contributed by atoms with Gasteiger partial charge in [-0.25, -0.2) is 14.4 Å². The molecule has 3 rings (SSSR count). The standard InChI is InChI=1S/C18H14ClFN4O/c19-13-3-7-15(8-4-13)23-18-21-10-9-16(24-18)17(25)22-11-12-1-5-14(20)6-2-12/h1-10H,11H2,(H,22,25)(H,21,23,24). The molecule has 0 saturated heterocycles. The van der Waals surface area contributed by atoms with Crippen molar-refractivity contribution < 1.29 is 9.18 Å². The van der Waals surface area contributed by atoms with Gasteiger partial charge in [-0.05, 0) is 48.0 Å². The van der Waals surface area contributed by atoms with Crippen LogP contribution in [0.1, 0.15) is 16.1 Å². The number of amides is 1. The average Bonchev–Trinajstić information content (AvgIpc) is 2.63. The number of hydrogen-bond acceptors (Lipinski definition) is 4. The van der Waals surface area contributed by atoms with Crippen molar-refractivity contribution in [3.05, 3.63) is 82.9 Å².